The first-order valence-electron chi connectivity index (χ1n) is 13.0. The average Bonchev–Trinajstić information content (AvgIpc) is 3.52. The van der Waals surface area contributed by atoms with Crippen LogP contribution in [0, 0.1) is 0 Å². The molecule has 7 N–H and O–H groups in total. The van der Waals surface area contributed by atoms with Crippen LogP contribution in [-0.2, 0) is 36.2 Å². The number of methoxy groups -OCH3 is 1. The number of fused-ring (bicyclic) bond motifs is 1. The minimum atomic E-state index is -4.05. The molecule has 0 radical (unpaired) electrons. The van der Waals surface area contributed by atoms with Crippen LogP contribution < -0.4 is 21.2 Å². The summed E-state index contributed by atoms with van der Waals surface area (Å²) >= 11 is 0.689. The Bertz CT molecular complexity index is 1590. The Balaban J connectivity index is 1.57. The minimum absolute atomic E-state index is 0.0967. The van der Waals surface area contributed by atoms with Crippen LogP contribution in [0.2, 0.25) is 0 Å². The van der Waals surface area contributed by atoms with Crippen LogP contribution >= 0.6 is 18.1 Å². The van der Waals surface area contributed by atoms with Gasteiger partial charge in [0.05, 0.1) is 31.8 Å². The van der Waals surface area contributed by atoms with Gasteiger partial charge >= 0.3 is 18.4 Å². The number of hydrogen-bond donors (Lipinski definition) is 6. The number of hydrogen-bond acceptors (Lipinski definition) is 15. The summed E-state index contributed by atoms with van der Waals surface area (Å²) in [5.74, 6) is -1.31. The van der Waals surface area contributed by atoms with Crippen LogP contribution in [0.4, 0.5) is 5.95 Å². The van der Waals surface area contributed by atoms with E-state index in [0.717, 1.165) is 4.57 Å². The first kappa shape index (κ1) is 32.7. The lowest BCUT2D eigenvalue weighted by Crippen LogP contribution is -2.44. The number of aliphatic hydroxyl groups is 2. The number of esters is 1. The molecule has 18 nitrogen and oxygen atoms in total. The number of H-pyrrole nitrogens is 1. The molecule has 4 rings (SSSR count). The third-order valence-electron chi connectivity index (χ3n) is 6.65. The summed E-state index contributed by atoms with van der Waals surface area (Å²) in [6, 6.07) is -1.09. The van der Waals surface area contributed by atoms with E-state index in [1.54, 1.807) is 13.8 Å². The number of carbonyl (C=O) groups is 1. The molecule has 1 saturated heterocycles. The summed E-state index contributed by atoms with van der Waals surface area (Å²) in [5.41, 5.74) is 3.83. The maximum absolute atomic E-state index is 14.0. The van der Waals surface area contributed by atoms with Crippen LogP contribution in [0.15, 0.2) is 11.1 Å². The number of nitrogens with zero attached hydrogens (tertiary/aromatic N) is 5. The number of nitrogen functional groups attached to an aromatic ring is 1. The van der Waals surface area contributed by atoms with Gasteiger partial charge in [-0.1, -0.05) is 0 Å². The number of aromatic nitrogens is 6. The Morgan fingerprint density at radius 3 is 2.67 bits per heavy atom. The van der Waals surface area contributed by atoms with Gasteiger partial charge in [0.2, 0.25) is 17.7 Å². The molecule has 3 aromatic heterocycles. The summed E-state index contributed by atoms with van der Waals surface area (Å²) in [5, 5.41) is 35.0. The van der Waals surface area contributed by atoms with Crippen LogP contribution in [0.25, 0.3) is 11.2 Å². The van der Waals surface area contributed by atoms with E-state index in [2.05, 4.69) is 25.0 Å². The maximum atomic E-state index is 14.0. The molecular formula is C23H35N8O10PS. The van der Waals surface area contributed by atoms with Gasteiger partial charge in [0.25, 0.3) is 0 Å². The van der Waals surface area contributed by atoms with Gasteiger partial charge in [-0.05, 0) is 39.1 Å². The van der Waals surface area contributed by atoms with Gasteiger partial charge in [0, 0.05) is 12.8 Å². The van der Waals surface area contributed by atoms with E-state index in [1.807, 2.05) is 0 Å². The number of rotatable bonds is 12. The predicted octanol–water partition coefficient (Wildman–Crippen LogP) is 0.147. The summed E-state index contributed by atoms with van der Waals surface area (Å²) in [6.45, 7) is 1.52. The fourth-order valence-corrected chi connectivity index (χ4v) is 8.11. The minimum Gasteiger partial charge on any atom is -0.493 e. The lowest BCUT2D eigenvalue weighted by Gasteiger charge is -2.27. The standard InChI is InChI=1S/C23H35N8O10PS/c1-10(2)40-19(34)11(3)29-42(37,43-8-12-17(33)27-22(35)30(12)5)39-7-13-15(32)23(4,36)20(41-13)31-9-25-14-16(31)26-21(24)28-18(14)38-6/h9-11,13,15,20,32-33,36H,7-8H2,1-6H3,(H,27,35)(H,29,37)(H2,24,26,28). The van der Waals surface area contributed by atoms with E-state index in [-0.39, 0.29) is 34.4 Å². The average molecular weight is 647 g/mol. The molecule has 0 aliphatic carbocycles. The highest BCUT2D eigenvalue weighted by atomic mass is 32.7. The molecular weight excluding hydrogens is 611 g/mol. The van der Waals surface area contributed by atoms with Crippen LogP contribution in [0.5, 0.6) is 11.8 Å². The number of aromatic hydroxyl groups is 1. The van der Waals surface area contributed by atoms with E-state index >= 15 is 0 Å². The number of anilines is 1. The molecule has 1 fully saturated rings. The zero-order chi connectivity index (χ0) is 31.9. The Hall–Kier alpha value is -3.19. The van der Waals surface area contributed by atoms with Crippen molar-refractivity contribution in [1.82, 2.24) is 34.2 Å². The monoisotopic (exact) mass is 646 g/mol. The highest BCUT2D eigenvalue weighted by Crippen LogP contribution is 2.58. The van der Waals surface area contributed by atoms with Crippen molar-refractivity contribution >= 4 is 41.2 Å². The zero-order valence-corrected chi connectivity index (χ0v) is 26.0. The normalized spacial score (nSPS) is 24.3. The molecule has 0 saturated carbocycles. The summed E-state index contributed by atoms with van der Waals surface area (Å²) in [4.78, 5) is 38.9. The van der Waals surface area contributed by atoms with E-state index in [1.165, 1.54) is 38.9 Å². The number of aromatic amines is 1. The lowest BCUT2D eigenvalue weighted by atomic mass is 9.96. The van der Waals surface area contributed by atoms with Crippen molar-refractivity contribution in [1.29, 1.82) is 0 Å². The molecule has 238 valence electrons. The lowest BCUT2D eigenvalue weighted by molar-refractivity contribution is -0.149. The molecule has 43 heavy (non-hydrogen) atoms. The summed E-state index contributed by atoms with van der Waals surface area (Å²) < 4.78 is 38.6. The number of ether oxygens (including phenoxy) is 3. The van der Waals surface area contributed by atoms with Gasteiger partial charge in [0.1, 0.15) is 23.9 Å². The highest BCUT2D eigenvalue weighted by Gasteiger charge is 2.54. The van der Waals surface area contributed by atoms with E-state index in [0.29, 0.717) is 11.4 Å². The second kappa shape index (κ2) is 12.4. The molecule has 0 bridgehead atoms. The molecule has 6 atom stereocenters. The summed E-state index contributed by atoms with van der Waals surface area (Å²) in [7, 11) is 2.79. The Kier molecular flexibility index (Phi) is 9.46. The number of imidazole rings is 2. The van der Waals surface area contributed by atoms with Crippen molar-refractivity contribution in [2.24, 2.45) is 7.05 Å². The fraction of sp³-hybridized carbons (Fsp3) is 0.609. The SMILES string of the molecule is COc1nc(N)nc2c1ncn2C1OC(COP(=O)(NC(C)C(=O)OC(C)C)SCc2c(O)[nH]c(=O)n2C)C(O)C1(C)O. The van der Waals surface area contributed by atoms with Gasteiger partial charge in [-0.15, -0.1) is 0 Å². The number of aliphatic hydroxyl groups excluding tert-OH is 1. The van der Waals surface area contributed by atoms with Crippen molar-refractivity contribution in [3.8, 4) is 11.8 Å². The third kappa shape index (κ3) is 6.67. The van der Waals surface area contributed by atoms with Gasteiger partial charge in [-0.25, -0.2) is 14.9 Å². The smallest absolute Gasteiger partial charge is 0.328 e. The molecule has 0 spiro atoms. The summed E-state index contributed by atoms with van der Waals surface area (Å²) in [6.07, 6.45) is -3.14. The maximum Gasteiger partial charge on any atom is 0.328 e. The number of nitrogens with one attached hydrogen (secondary N) is 2. The van der Waals surface area contributed by atoms with Crippen molar-refractivity contribution in [3.05, 3.63) is 22.5 Å². The van der Waals surface area contributed by atoms with Crippen molar-refractivity contribution in [3.63, 3.8) is 0 Å². The number of nitrogens with two attached hydrogens (primary N) is 1. The van der Waals surface area contributed by atoms with Crippen LogP contribution in [-0.4, -0.2) is 94.0 Å². The van der Waals surface area contributed by atoms with Crippen LogP contribution in [0.3, 0.4) is 0 Å². The quantitative estimate of drug-likeness (QED) is 0.113. The molecule has 6 unspecified atom stereocenters. The second-order valence-corrected chi connectivity index (χ2v) is 14.6. The van der Waals surface area contributed by atoms with Gasteiger partial charge in [-0.2, -0.15) is 9.97 Å². The fourth-order valence-electron chi connectivity index (χ4n) is 4.36. The number of carbonyl (C=O) groups excluding carboxylic acids is 1. The van der Waals surface area contributed by atoms with Crippen LogP contribution in [0.1, 0.15) is 39.6 Å². The van der Waals surface area contributed by atoms with E-state index in [9.17, 15) is 29.5 Å². The van der Waals surface area contributed by atoms with E-state index < -0.39 is 67.1 Å². The van der Waals surface area contributed by atoms with Crippen molar-refractivity contribution < 1.29 is 43.4 Å². The Morgan fingerprint density at radius 2 is 2.07 bits per heavy atom. The largest absolute Gasteiger partial charge is 0.493 e. The van der Waals surface area contributed by atoms with Gasteiger partial charge < -0.3 is 39.8 Å². The van der Waals surface area contributed by atoms with Crippen molar-refractivity contribution in [2.45, 2.75) is 69.6 Å². The molecule has 1 aliphatic heterocycles. The predicted molar refractivity (Wildman–Crippen MR) is 153 cm³/mol. The van der Waals surface area contributed by atoms with E-state index in [4.69, 9.17) is 24.5 Å². The highest BCUT2D eigenvalue weighted by molar-refractivity contribution is 8.55. The first-order valence-corrected chi connectivity index (χ1v) is 16.2. The Labute approximate surface area is 249 Å². The second-order valence-electron chi connectivity index (χ2n) is 10.3. The zero-order valence-electron chi connectivity index (χ0n) is 24.2. The van der Waals surface area contributed by atoms with Gasteiger partial charge in [0.15, 0.2) is 17.4 Å². The first-order chi connectivity index (χ1) is 20.1. The molecule has 0 amide bonds. The third-order valence-corrected chi connectivity index (χ3v) is 10.6. The molecule has 20 heteroatoms. The topological polar surface area (TPSA) is 251 Å². The molecule has 4 heterocycles. The van der Waals surface area contributed by atoms with Crippen molar-refractivity contribution in [2.75, 3.05) is 19.5 Å². The molecule has 0 aromatic carbocycles. The molecule has 1 aliphatic rings. The molecule has 3 aromatic rings. The Morgan fingerprint density at radius 1 is 1.37 bits per heavy atom. The van der Waals surface area contributed by atoms with Gasteiger partial charge in [-0.3, -0.25) is 23.5 Å².